The van der Waals surface area contributed by atoms with Gasteiger partial charge in [-0.05, 0) is 42.7 Å². The Kier molecular flexibility index (Phi) is 6.85. The molecule has 5 nitrogen and oxygen atoms in total. The van der Waals surface area contributed by atoms with Gasteiger partial charge in [0.25, 0.3) is 5.91 Å². The van der Waals surface area contributed by atoms with Crippen molar-refractivity contribution in [1.29, 1.82) is 0 Å². The molecule has 1 aliphatic rings. The van der Waals surface area contributed by atoms with Gasteiger partial charge in [0, 0.05) is 36.1 Å². The number of halogens is 1. The molecule has 142 valence electrons. The molecule has 2 amide bonds. The van der Waals surface area contributed by atoms with Gasteiger partial charge in [0.15, 0.2) is 0 Å². The summed E-state index contributed by atoms with van der Waals surface area (Å²) in [5.41, 5.74) is 1.46. The van der Waals surface area contributed by atoms with E-state index in [-0.39, 0.29) is 11.8 Å². The Morgan fingerprint density at radius 2 is 1.70 bits per heavy atom. The number of nitrogens with one attached hydrogen (secondary N) is 3. The van der Waals surface area contributed by atoms with Crippen LogP contribution in [0.1, 0.15) is 28.8 Å². The van der Waals surface area contributed by atoms with E-state index in [1.165, 1.54) is 12.8 Å². The van der Waals surface area contributed by atoms with Crippen molar-refractivity contribution in [1.82, 2.24) is 16.0 Å². The molecule has 2 aromatic carbocycles. The third-order valence-corrected chi connectivity index (χ3v) is 4.70. The molecule has 3 rings (SSSR count). The van der Waals surface area contributed by atoms with Crippen molar-refractivity contribution in [2.75, 3.05) is 13.1 Å². The van der Waals surface area contributed by atoms with Crippen molar-refractivity contribution in [3.63, 3.8) is 0 Å². The van der Waals surface area contributed by atoms with Gasteiger partial charge in [-0.2, -0.15) is 0 Å². The third-order valence-electron chi connectivity index (χ3n) is 4.45. The lowest BCUT2D eigenvalue weighted by Gasteiger charge is -2.19. The van der Waals surface area contributed by atoms with Gasteiger partial charge in [-0.3, -0.25) is 9.59 Å². The summed E-state index contributed by atoms with van der Waals surface area (Å²) in [5.74, 6) is -0.474. The zero-order valence-corrected chi connectivity index (χ0v) is 15.8. The number of benzene rings is 2. The van der Waals surface area contributed by atoms with Gasteiger partial charge < -0.3 is 16.0 Å². The summed E-state index contributed by atoms with van der Waals surface area (Å²) in [6.45, 7) is 1.27. The van der Waals surface area contributed by atoms with Crippen LogP contribution in [0.25, 0.3) is 0 Å². The number of amides is 2. The molecule has 0 aliphatic heterocycles. The summed E-state index contributed by atoms with van der Waals surface area (Å²) in [5, 5.41) is 9.68. The van der Waals surface area contributed by atoms with Gasteiger partial charge in [0.05, 0.1) is 0 Å². The minimum atomic E-state index is -0.642. The second-order valence-electron chi connectivity index (χ2n) is 6.74. The fourth-order valence-corrected chi connectivity index (χ4v) is 2.90. The first-order chi connectivity index (χ1) is 13.1. The monoisotopic (exact) mass is 385 g/mol. The van der Waals surface area contributed by atoms with Crippen LogP contribution in [0.15, 0.2) is 54.6 Å². The van der Waals surface area contributed by atoms with E-state index >= 15 is 0 Å². The molecule has 3 N–H and O–H groups in total. The van der Waals surface area contributed by atoms with Crippen LogP contribution in [0, 0.1) is 0 Å². The molecule has 0 aromatic heterocycles. The number of hydrogen-bond acceptors (Lipinski definition) is 3. The van der Waals surface area contributed by atoms with Crippen LogP contribution in [-0.4, -0.2) is 37.0 Å². The predicted molar refractivity (Wildman–Crippen MR) is 107 cm³/mol. The van der Waals surface area contributed by atoms with E-state index in [2.05, 4.69) is 16.0 Å². The minimum Gasteiger partial charge on any atom is -0.353 e. The van der Waals surface area contributed by atoms with E-state index < -0.39 is 6.04 Å². The lowest BCUT2D eigenvalue weighted by molar-refractivity contribution is -0.122. The molecule has 0 radical (unpaired) electrons. The van der Waals surface area contributed by atoms with Crippen LogP contribution in [0.3, 0.4) is 0 Å². The second-order valence-corrected chi connectivity index (χ2v) is 7.18. The van der Waals surface area contributed by atoms with Gasteiger partial charge >= 0.3 is 0 Å². The fourth-order valence-electron chi connectivity index (χ4n) is 2.77. The van der Waals surface area contributed by atoms with Crippen LogP contribution >= 0.6 is 11.6 Å². The zero-order chi connectivity index (χ0) is 19.1. The number of carbonyl (C=O) groups excluding carboxylic acids is 2. The molecule has 0 spiro atoms. The summed E-state index contributed by atoms with van der Waals surface area (Å²) >= 11 is 5.88. The Labute approximate surface area is 164 Å². The Hall–Kier alpha value is -2.37. The molecule has 27 heavy (non-hydrogen) atoms. The standard InChI is InChI=1S/C21H24ClN3O2/c22-17-8-6-16(7-9-17)20(26)25-19(14-15-4-2-1-3-5-15)21(27)24-13-12-23-18-10-11-18/h1-9,18-19,23H,10-14H2,(H,24,27)(H,25,26)/t19-/m1/s1. The lowest BCUT2D eigenvalue weighted by atomic mass is 10.0. The quantitative estimate of drug-likeness (QED) is 0.581. The predicted octanol–water partition coefficient (Wildman–Crippen LogP) is 2.55. The molecular weight excluding hydrogens is 362 g/mol. The van der Waals surface area contributed by atoms with E-state index in [1.54, 1.807) is 24.3 Å². The first kappa shape index (κ1) is 19.4. The van der Waals surface area contributed by atoms with Crippen LogP contribution in [0.4, 0.5) is 0 Å². The molecule has 1 atom stereocenters. The highest BCUT2D eigenvalue weighted by Gasteiger charge is 2.23. The number of carbonyl (C=O) groups is 2. The maximum Gasteiger partial charge on any atom is 0.251 e. The van der Waals surface area contributed by atoms with E-state index in [4.69, 9.17) is 11.6 Å². The van der Waals surface area contributed by atoms with Crippen molar-refractivity contribution in [2.45, 2.75) is 31.3 Å². The Morgan fingerprint density at radius 3 is 2.37 bits per heavy atom. The summed E-state index contributed by atoms with van der Waals surface area (Å²) in [6.07, 6.45) is 2.85. The first-order valence-corrected chi connectivity index (χ1v) is 9.61. The molecule has 2 aromatic rings. The summed E-state index contributed by atoms with van der Waals surface area (Å²) < 4.78 is 0. The normalized spacial score (nSPS) is 14.4. The van der Waals surface area contributed by atoms with Crippen LogP contribution in [0.5, 0.6) is 0 Å². The van der Waals surface area contributed by atoms with E-state index in [1.807, 2.05) is 30.3 Å². The highest BCUT2D eigenvalue weighted by molar-refractivity contribution is 6.30. The lowest BCUT2D eigenvalue weighted by Crippen LogP contribution is -2.49. The molecule has 1 aliphatic carbocycles. The third kappa shape index (κ3) is 6.38. The Balaban J connectivity index is 1.61. The van der Waals surface area contributed by atoms with Crippen LogP contribution < -0.4 is 16.0 Å². The Bertz CT molecular complexity index is 761. The summed E-state index contributed by atoms with van der Waals surface area (Å²) in [7, 11) is 0. The van der Waals surface area contributed by atoms with Gasteiger partial charge in [0.1, 0.15) is 6.04 Å². The molecule has 0 heterocycles. The van der Waals surface area contributed by atoms with Crippen molar-refractivity contribution < 1.29 is 9.59 Å². The smallest absolute Gasteiger partial charge is 0.251 e. The SMILES string of the molecule is O=C(N[C@H](Cc1ccccc1)C(=O)NCCNC1CC1)c1ccc(Cl)cc1. The average molecular weight is 386 g/mol. The number of rotatable bonds is 9. The second kappa shape index (κ2) is 9.53. The minimum absolute atomic E-state index is 0.182. The fraction of sp³-hybridized carbons (Fsp3) is 0.333. The summed E-state index contributed by atoms with van der Waals surface area (Å²) in [4.78, 5) is 25.2. The summed E-state index contributed by atoms with van der Waals surface area (Å²) in [6, 6.07) is 16.2. The van der Waals surface area contributed by atoms with Crippen LogP contribution in [0.2, 0.25) is 5.02 Å². The van der Waals surface area contributed by atoms with Crippen molar-refractivity contribution in [3.05, 3.63) is 70.7 Å². The zero-order valence-electron chi connectivity index (χ0n) is 15.1. The van der Waals surface area contributed by atoms with E-state index in [0.29, 0.717) is 29.6 Å². The maximum atomic E-state index is 12.7. The molecule has 6 heteroatoms. The van der Waals surface area contributed by atoms with E-state index in [9.17, 15) is 9.59 Å². The van der Waals surface area contributed by atoms with Crippen LogP contribution in [-0.2, 0) is 11.2 Å². The highest BCUT2D eigenvalue weighted by atomic mass is 35.5. The molecular formula is C21H24ClN3O2. The number of hydrogen-bond donors (Lipinski definition) is 3. The van der Waals surface area contributed by atoms with Crippen molar-refractivity contribution in [3.8, 4) is 0 Å². The van der Waals surface area contributed by atoms with E-state index in [0.717, 1.165) is 12.1 Å². The largest absolute Gasteiger partial charge is 0.353 e. The van der Waals surface area contributed by atoms with Gasteiger partial charge in [-0.15, -0.1) is 0 Å². The molecule has 0 saturated heterocycles. The Morgan fingerprint density at radius 1 is 1.00 bits per heavy atom. The molecule has 0 unspecified atom stereocenters. The molecule has 1 fully saturated rings. The van der Waals surface area contributed by atoms with Gasteiger partial charge in [-0.1, -0.05) is 41.9 Å². The first-order valence-electron chi connectivity index (χ1n) is 9.23. The van der Waals surface area contributed by atoms with Gasteiger partial charge in [0.2, 0.25) is 5.91 Å². The maximum absolute atomic E-state index is 12.7. The highest BCUT2D eigenvalue weighted by Crippen LogP contribution is 2.17. The average Bonchev–Trinajstić information content (AvgIpc) is 3.50. The van der Waals surface area contributed by atoms with Crippen molar-refractivity contribution >= 4 is 23.4 Å². The van der Waals surface area contributed by atoms with Crippen molar-refractivity contribution in [2.24, 2.45) is 0 Å². The molecule has 1 saturated carbocycles. The van der Waals surface area contributed by atoms with Gasteiger partial charge in [-0.25, -0.2) is 0 Å². The topological polar surface area (TPSA) is 70.2 Å². The molecule has 0 bridgehead atoms.